The van der Waals surface area contributed by atoms with E-state index in [0.717, 1.165) is 69.4 Å². The van der Waals surface area contributed by atoms with Crippen molar-refractivity contribution in [2.45, 2.75) is 83.0 Å². The zero-order valence-electron chi connectivity index (χ0n) is 28.7. The molecule has 5 saturated heterocycles. The molecule has 4 N–H and O–H groups in total. The third kappa shape index (κ3) is 11.8. The molecule has 5 fully saturated rings. The molecular formula is C30H56N8O8S. The molecule has 5 aliphatic rings. The van der Waals surface area contributed by atoms with E-state index in [9.17, 15) is 27.6 Å². The van der Waals surface area contributed by atoms with Gasteiger partial charge in [0.05, 0.1) is 6.04 Å². The number of amides is 3. The predicted octanol–water partition coefficient (Wildman–Crippen LogP) is -0.589. The van der Waals surface area contributed by atoms with Crippen molar-refractivity contribution in [2.75, 3.05) is 86.1 Å². The van der Waals surface area contributed by atoms with Crippen LogP contribution in [-0.4, -0.2) is 176 Å². The summed E-state index contributed by atoms with van der Waals surface area (Å²) in [7, 11) is 0.344. The Labute approximate surface area is 279 Å². The maximum absolute atomic E-state index is 12.3. The van der Waals surface area contributed by atoms with Gasteiger partial charge in [-0.2, -0.15) is 12.7 Å². The highest BCUT2D eigenvalue weighted by molar-refractivity contribution is 7.86. The van der Waals surface area contributed by atoms with Crippen LogP contribution >= 0.6 is 0 Å². The van der Waals surface area contributed by atoms with E-state index in [4.69, 9.17) is 15.0 Å². The molecule has 0 spiro atoms. The molecule has 0 aromatic heterocycles. The van der Waals surface area contributed by atoms with Crippen molar-refractivity contribution in [2.24, 2.45) is 5.14 Å². The summed E-state index contributed by atoms with van der Waals surface area (Å²) in [4.78, 5) is 56.2. The van der Waals surface area contributed by atoms with Gasteiger partial charge in [-0.3, -0.25) is 14.5 Å². The Kier molecular flexibility index (Phi) is 14.2. The van der Waals surface area contributed by atoms with E-state index in [1.807, 2.05) is 11.9 Å². The van der Waals surface area contributed by atoms with E-state index >= 15 is 0 Å². The van der Waals surface area contributed by atoms with Crippen LogP contribution in [0, 0.1) is 0 Å². The lowest BCUT2D eigenvalue weighted by Crippen LogP contribution is -2.54. The second-order valence-electron chi connectivity index (χ2n) is 13.9. The summed E-state index contributed by atoms with van der Waals surface area (Å²) >= 11 is 0. The van der Waals surface area contributed by atoms with E-state index in [1.54, 1.807) is 25.7 Å². The molecule has 1 unspecified atom stereocenters. The van der Waals surface area contributed by atoms with E-state index < -0.39 is 40.0 Å². The molecule has 0 aliphatic carbocycles. The van der Waals surface area contributed by atoms with Gasteiger partial charge in [-0.15, -0.1) is 0 Å². The van der Waals surface area contributed by atoms with Gasteiger partial charge in [0.1, 0.15) is 17.7 Å². The third-order valence-electron chi connectivity index (χ3n) is 8.97. The number of aliphatic carboxylic acids is 1. The van der Waals surface area contributed by atoms with Crippen LogP contribution in [0.1, 0.15) is 59.3 Å². The lowest BCUT2D eigenvalue weighted by molar-refractivity contribution is -0.142. The molecule has 17 heteroatoms. The number of carboxylic acids is 1. The van der Waals surface area contributed by atoms with Gasteiger partial charge in [-0.1, -0.05) is 0 Å². The monoisotopic (exact) mass is 688 g/mol. The Bertz CT molecular complexity index is 1180. The number of nitrogens with two attached hydrogens (primary N) is 1. The number of carbonyl (C=O) groups is 4. The molecule has 5 aliphatic heterocycles. The summed E-state index contributed by atoms with van der Waals surface area (Å²) in [6.45, 7) is 13.9. The first kappa shape index (κ1) is 38.9. The molecular weight excluding hydrogens is 632 g/mol. The van der Waals surface area contributed by atoms with Crippen LogP contribution in [0.3, 0.4) is 0 Å². The zero-order valence-corrected chi connectivity index (χ0v) is 29.5. The molecule has 270 valence electrons. The van der Waals surface area contributed by atoms with E-state index in [-0.39, 0.29) is 11.9 Å². The van der Waals surface area contributed by atoms with Crippen molar-refractivity contribution < 1.29 is 37.4 Å². The van der Waals surface area contributed by atoms with Crippen LogP contribution in [-0.2, 0) is 29.3 Å². The number of rotatable bonds is 4. The Morgan fingerprint density at radius 1 is 0.745 bits per heavy atom. The summed E-state index contributed by atoms with van der Waals surface area (Å²) in [6.07, 6.45) is 4.12. The Balaban J connectivity index is 0.000000193. The van der Waals surface area contributed by atoms with E-state index in [2.05, 4.69) is 22.2 Å². The minimum absolute atomic E-state index is 0.102. The summed E-state index contributed by atoms with van der Waals surface area (Å²) in [6, 6.07) is -1.21. The molecule has 47 heavy (non-hydrogen) atoms. The van der Waals surface area contributed by atoms with Crippen LogP contribution in [0.5, 0.6) is 0 Å². The fourth-order valence-electron chi connectivity index (χ4n) is 6.23. The Hall–Kier alpha value is -2.57. The SMILES string of the molecule is CC(C)(C)OC(=O)N1CCCC1C(=O)O.CN1CCN(C(=O)[C@@H]2CCCN2)CC1.CN1CCN(C(=O)[C@@H]2CCCN2S(N)(=O)=O)CC1. The van der Waals surface area contributed by atoms with Crippen molar-refractivity contribution >= 4 is 34.1 Å². The minimum Gasteiger partial charge on any atom is -0.480 e. The summed E-state index contributed by atoms with van der Waals surface area (Å²) in [5.74, 6) is -0.747. The number of carbonyl (C=O) groups excluding carboxylic acids is 3. The van der Waals surface area contributed by atoms with Crippen molar-refractivity contribution in [3.8, 4) is 0 Å². The van der Waals surface area contributed by atoms with Gasteiger partial charge in [0.25, 0.3) is 10.2 Å². The normalized spacial score (nSPS) is 26.3. The predicted molar refractivity (Wildman–Crippen MR) is 176 cm³/mol. The fraction of sp³-hybridized carbons (Fsp3) is 0.867. The molecule has 0 aromatic carbocycles. The topological polar surface area (TPSA) is 189 Å². The number of piperazine rings is 2. The number of nitrogens with zero attached hydrogens (tertiary/aromatic N) is 6. The molecule has 0 radical (unpaired) electrons. The average Bonchev–Trinajstić information content (AvgIpc) is 3.79. The Morgan fingerprint density at radius 2 is 1.26 bits per heavy atom. The van der Waals surface area contributed by atoms with Crippen molar-refractivity contribution in [3.05, 3.63) is 0 Å². The minimum atomic E-state index is -3.77. The van der Waals surface area contributed by atoms with Gasteiger partial charge in [0, 0.05) is 65.4 Å². The molecule has 5 rings (SSSR count). The maximum atomic E-state index is 12.3. The van der Waals surface area contributed by atoms with Crippen molar-refractivity contribution in [3.63, 3.8) is 0 Å². The number of hydrogen-bond acceptors (Lipinski definition) is 10. The zero-order chi connectivity index (χ0) is 34.9. The highest BCUT2D eigenvalue weighted by Crippen LogP contribution is 2.22. The number of ether oxygens (including phenoxy) is 1. The smallest absolute Gasteiger partial charge is 0.411 e. The van der Waals surface area contributed by atoms with Gasteiger partial charge in [0.2, 0.25) is 11.8 Å². The van der Waals surface area contributed by atoms with E-state index in [0.29, 0.717) is 51.3 Å². The molecule has 0 bridgehead atoms. The maximum Gasteiger partial charge on any atom is 0.411 e. The Morgan fingerprint density at radius 3 is 1.72 bits per heavy atom. The second-order valence-corrected chi connectivity index (χ2v) is 15.4. The van der Waals surface area contributed by atoms with Crippen LogP contribution in [0.15, 0.2) is 0 Å². The number of nitrogens with one attached hydrogen (secondary N) is 1. The lowest BCUT2D eigenvalue weighted by Gasteiger charge is -2.35. The van der Waals surface area contributed by atoms with E-state index in [1.165, 1.54) is 4.90 Å². The highest BCUT2D eigenvalue weighted by Gasteiger charge is 2.40. The summed E-state index contributed by atoms with van der Waals surface area (Å²) < 4.78 is 29.1. The fourth-order valence-corrected chi connectivity index (χ4v) is 7.17. The van der Waals surface area contributed by atoms with Crippen LogP contribution in [0.4, 0.5) is 4.79 Å². The average molecular weight is 689 g/mol. The van der Waals surface area contributed by atoms with Gasteiger partial charge in [-0.05, 0) is 79.9 Å². The first-order chi connectivity index (χ1) is 22.0. The molecule has 3 amide bonds. The molecule has 0 saturated carbocycles. The quantitative estimate of drug-likeness (QED) is 0.343. The molecule has 0 aromatic rings. The van der Waals surface area contributed by atoms with Gasteiger partial charge in [-0.25, -0.2) is 14.7 Å². The van der Waals surface area contributed by atoms with Gasteiger partial charge >= 0.3 is 12.1 Å². The van der Waals surface area contributed by atoms with Crippen molar-refractivity contribution in [1.29, 1.82) is 0 Å². The lowest BCUT2D eigenvalue weighted by atomic mass is 10.2. The summed E-state index contributed by atoms with van der Waals surface area (Å²) in [5.41, 5.74) is -0.581. The van der Waals surface area contributed by atoms with Gasteiger partial charge in [0.15, 0.2) is 0 Å². The second kappa shape index (κ2) is 17.2. The van der Waals surface area contributed by atoms with Crippen LogP contribution < -0.4 is 10.5 Å². The third-order valence-corrected chi connectivity index (χ3v) is 10.1. The number of likely N-dealkylation sites (N-methyl/N-ethyl adjacent to an activating group) is 2. The molecule has 16 nitrogen and oxygen atoms in total. The van der Waals surface area contributed by atoms with Crippen LogP contribution in [0.2, 0.25) is 0 Å². The van der Waals surface area contributed by atoms with Crippen molar-refractivity contribution in [1.82, 2.24) is 34.1 Å². The largest absolute Gasteiger partial charge is 0.480 e. The number of likely N-dealkylation sites (tertiary alicyclic amines) is 1. The first-order valence-electron chi connectivity index (χ1n) is 16.7. The molecule has 5 heterocycles. The number of hydrogen-bond donors (Lipinski definition) is 3. The van der Waals surface area contributed by atoms with Crippen LogP contribution in [0.25, 0.3) is 0 Å². The molecule has 3 atom stereocenters. The summed E-state index contributed by atoms with van der Waals surface area (Å²) in [5, 5.41) is 17.3. The standard InChI is InChI=1S/C10H20N4O3S.C10H19N3O.C10H17NO4/c1-12-5-7-13(8-6-12)10(15)9-3-2-4-14(9)18(11,16)17;1-12-5-7-13(8-6-12)10(14)9-3-2-4-11-9;1-10(2,3)15-9(14)11-6-4-5-7(11)8(12)13/h9H,2-8H2,1H3,(H2,11,16,17);9,11H,2-8H2,1H3;7H,4-6H2,1-3H3,(H,12,13)/t2*9-;/m00./s1. The van der Waals surface area contributed by atoms with Gasteiger partial charge < -0.3 is 34.8 Å². The number of carboxylic acid groups (broad SMARTS) is 1. The highest BCUT2D eigenvalue weighted by atomic mass is 32.2. The first-order valence-corrected chi connectivity index (χ1v) is 18.2.